The lowest BCUT2D eigenvalue weighted by Gasteiger charge is -2.36. The summed E-state index contributed by atoms with van der Waals surface area (Å²) in [4.78, 5) is 38.2. The first-order valence-corrected chi connectivity index (χ1v) is 9.63. The van der Waals surface area contributed by atoms with Crippen molar-refractivity contribution in [1.29, 1.82) is 0 Å². The molecule has 0 aromatic heterocycles. The molecule has 2 fully saturated rings. The Morgan fingerprint density at radius 3 is 2.64 bits per heavy atom. The Kier molecular flexibility index (Phi) is 4.73. The van der Waals surface area contributed by atoms with Crippen LogP contribution in [0.3, 0.4) is 0 Å². The van der Waals surface area contributed by atoms with Gasteiger partial charge in [0.25, 0.3) is 5.69 Å². The highest BCUT2D eigenvalue weighted by Gasteiger charge is 2.69. The van der Waals surface area contributed by atoms with Gasteiger partial charge >= 0.3 is 5.97 Å². The third-order valence-corrected chi connectivity index (χ3v) is 7.77. The molecule has 2 heterocycles. The Morgan fingerprint density at radius 2 is 2.11 bits per heavy atom. The predicted octanol–water partition coefficient (Wildman–Crippen LogP) is 1.06. The molecule has 3 atom stereocenters. The maximum atomic E-state index is 12.8. The molecule has 0 spiro atoms. The van der Waals surface area contributed by atoms with Crippen LogP contribution in [-0.2, 0) is 30.8 Å². The van der Waals surface area contributed by atoms with E-state index < -0.39 is 49.3 Å². The highest BCUT2D eigenvalue weighted by atomic mass is 32.2. The molecule has 28 heavy (non-hydrogen) atoms. The number of azide groups is 1. The summed E-state index contributed by atoms with van der Waals surface area (Å²) in [6.45, 7) is 0.460. The van der Waals surface area contributed by atoms with Crippen molar-refractivity contribution in [3.63, 3.8) is 0 Å². The number of nitro groups is 1. The molecule has 1 aromatic carbocycles. The molecule has 1 amide bonds. The minimum Gasteiger partial charge on any atom is -0.459 e. The van der Waals surface area contributed by atoms with E-state index in [0.29, 0.717) is 5.56 Å². The number of fused-ring (bicyclic) bond motifs is 1. The summed E-state index contributed by atoms with van der Waals surface area (Å²) in [6.07, 6.45) is -0.236. The number of hydrogen-bond donors (Lipinski definition) is 0. The molecular weight excluding hydrogens is 394 g/mol. The monoisotopic (exact) mass is 409 g/mol. The molecule has 0 bridgehead atoms. The molecule has 0 N–H and O–H groups in total. The molecule has 0 saturated carbocycles. The molecule has 0 aliphatic carbocycles. The summed E-state index contributed by atoms with van der Waals surface area (Å²) in [5, 5.41) is 12.8. The average Bonchev–Trinajstić information content (AvgIpc) is 2.79. The number of carbonyl (C=O) groups excluding carboxylic acids is 2. The van der Waals surface area contributed by atoms with Crippen LogP contribution in [0.1, 0.15) is 18.9 Å². The zero-order valence-corrected chi connectivity index (χ0v) is 15.4. The van der Waals surface area contributed by atoms with Gasteiger partial charge in [-0.25, -0.2) is 13.2 Å². The first-order valence-electron chi connectivity index (χ1n) is 8.09. The molecule has 2 aliphatic heterocycles. The Balaban J connectivity index is 1.82. The lowest BCUT2D eigenvalue weighted by Crippen LogP contribution is -2.58. The number of rotatable bonds is 6. The fourth-order valence-electron chi connectivity index (χ4n) is 3.39. The van der Waals surface area contributed by atoms with Gasteiger partial charge in [0.1, 0.15) is 16.7 Å². The van der Waals surface area contributed by atoms with E-state index in [9.17, 15) is 28.1 Å². The van der Waals surface area contributed by atoms with Crippen molar-refractivity contribution in [1.82, 2.24) is 4.90 Å². The van der Waals surface area contributed by atoms with E-state index in [1.165, 1.54) is 31.2 Å². The molecular formula is C15H15N5O7S. The number of sulfone groups is 1. The van der Waals surface area contributed by atoms with Gasteiger partial charge in [-0.1, -0.05) is 5.11 Å². The quantitative estimate of drug-likeness (QED) is 0.128. The standard InChI is InChI=1S/C15H15N5O7S/c1-15(8-17-18-16)13(19-11(21)6-12(19)28(15,25)26)14(22)27-7-9-2-4-10(5-3-9)20(23)24/h2-5,12-13H,6-8H2,1H3/t12-,13+,15+/m1/s1. The first-order chi connectivity index (χ1) is 13.1. The van der Waals surface area contributed by atoms with E-state index in [4.69, 9.17) is 10.3 Å². The molecule has 2 saturated heterocycles. The number of β-lactam (4-membered cyclic amide) rings is 1. The van der Waals surface area contributed by atoms with Crippen molar-refractivity contribution in [2.24, 2.45) is 5.11 Å². The highest BCUT2D eigenvalue weighted by Crippen LogP contribution is 2.46. The van der Waals surface area contributed by atoms with Crippen molar-refractivity contribution >= 4 is 27.4 Å². The number of esters is 1. The number of non-ortho nitro benzene ring substituents is 1. The Morgan fingerprint density at radius 1 is 1.46 bits per heavy atom. The minimum absolute atomic E-state index is 0.132. The number of nitrogens with zero attached hydrogens (tertiary/aromatic N) is 5. The van der Waals surface area contributed by atoms with Gasteiger partial charge in [0, 0.05) is 23.6 Å². The average molecular weight is 409 g/mol. The normalized spacial score (nSPS) is 27.3. The van der Waals surface area contributed by atoms with Crippen LogP contribution in [0.4, 0.5) is 5.69 Å². The van der Waals surface area contributed by atoms with Gasteiger partial charge in [-0.3, -0.25) is 14.9 Å². The van der Waals surface area contributed by atoms with E-state index in [-0.39, 0.29) is 18.7 Å². The summed E-state index contributed by atoms with van der Waals surface area (Å²) < 4.78 is 28.9. The van der Waals surface area contributed by atoms with Gasteiger partial charge in [0.15, 0.2) is 15.9 Å². The van der Waals surface area contributed by atoms with Gasteiger partial charge < -0.3 is 9.64 Å². The van der Waals surface area contributed by atoms with E-state index in [2.05, 4.69) is 10.0 Å². The fourth-order valence-corrected chi connectivity index (χ4v) is 5.67. The van der Waals surface area contributed by atoms with Gasteiger partial charge in [0.2, 0.25) is 5.91 Å². The van der Waals surface area contributed by atoms with Crippen LogP contribution >= 0.6 is 0 Å². The third-order valence-electron chi connectivity index (χ3n) is 5.01. The molecule has 0 unspecified atom stereocenters. The molecule has 0 radical (unpaired) electrons. The highest BCUT2D eigenvalue weighted by molar-refractivity contribution is 7.94. The maximum absolute atomic E-state index is 12.8. The van der Waals surface area contributed by atoms with Crippen LogP contribution in [0.15, 0.2) is 29.4 Å². The number of hydrogen-bond acceptors (Lipinski definition) is 8. The molecule has 2 aliphatic rings. The second-order valence-corrected chi connectivity index (χ2v) is 9.21. The van der Waals surface area contributed by atoms with Crippen LogP contribution in [0.25, 0.3) is 10.4 Å². The van der Waals surface area contributed by atoms with Gasteiger partial charge in [-0.2, -0.15) is 0 Å². The van der Waals surface area contributed by atoms with Crippen LogP contribution in [0, 0.1) is 10.1 Å². The van der Waals surface area contributed by atoms with E-state index in [1.54, 1.807) is 0 Å². The van der Waals surface area contributed by atoms with Crippen LogP contribution in [-0.4, -0.2) is 52.8 Å². The number of benzene rings is 1. The predicted molar refractivity (Wildman–Crippen MR) is 93.3 cm³/mol. The summed E-state index contributed by atoms with van der Waals surface area (Å²) >= 11 is 0. The second kappa shape index (κ2) is 6.77. The zero-order valence-electron chi connectivity index (χ0n) is 14.6. The van der Waals surface area contributed by atoms with Crippen LogP contribution in [0.2, 0.25) is 0 Å². The molecule has 148 valence electrons. The fraction of sp³-hybridized carbons (Fsp3) is 0.467. The molecule has 3 rings (SSSR count). The van der Waals surface area contributed by atoms with Gasteiger partial charge in [0.05, 0.1) is 11.3 Å². The van der Waals surface area contributed by atoms with E-state index in [1.807, 2.05) is 0 Å². The summed E-state index contributed by atoms with van der Waals surface area (Å²) in [7, 11) is -3.96. The minimum atomic E-state index is -3.96. The summed E-state index contributed by atoms with van der Waals surface area (Å²) in [5.74, 6) is -1.45. The van der Waals surface area contributed by atoms with Gasteiger partial charge in [-0.15, -0.1) is 0 Å². The third kappa shape index (κ3) is 2.84. The number of ether oxygens (including phenoxy) is 1. The smallest absolute Gasteiger partial charge is 0.330 e. The van der Waals surface area contributed by atoms with Crippen LogP contribution < -0.4 is 0 Å². The van der Waals surface area contributed by atoms with E-state index in [0.717, 1.165) is 4.90 Å². The Hall–Kier alpha value is -3.18. The Labute approximate surface area is 158 Å². The lowest BCUT2D eigenvalue weighted by atomic mass is 9.96. The van der Waals surface area contributed by atoms with Gasteiger partial charge in [-0.05, 0) is 30.2 Å². The largest absolute Gasteiger partial charge is 0.459 e. The first kappa shape index (κ1) is 19.6. The summed E-state index contributed by atoms with van der Waals surface area (Å²) in [6, 6.07) is 3.84. The number of amides is 1. The number of carbonyl (C=O) groups is 2. The number of nitro benzene ring substituents is 1. The summed E-state index contributed by atoms with van der Waals surface area (Å²) in [5.41, 5.74) is 8.88. The molecule has 12 nitrogen and oxygen atoms in total. The Bertz CT molecular complexity index is 1000. The van der Waals surface area contributed by atoms with Crippen LogP contribution in [0.5, 0.6) is 0 Å². The lowest BCUT2D eigenvalue weighted by molar-refractivity contribution is -0.384. The topological polar surface area (TPSA) is 173 Å². The second-order valence-electron chi connectivity index (χ2n) is 6.64. The van der Waals surface area contributed by atoms with Crippen molar-refractivity contribution in [2.45, 2.75) is 36.1 Å². The zero-order chi connectivity index (χ0) is 20.7. The molecule has 13 heteroatoms. The maximum Gasteiger partial charge on any atom is 0.330 e. The molecule has 1 aromatic rings. The van der Waals surface area contributed by atoms with E-state index >= 15 is 0 Å². The SMILES string of the molecule is C[C@]1(CN=[N+]=[N-])[C@H](C(=O)OCc2ccc([N+](=O)[O-])cc2)N2C(=O)C[C@H]2S1(=O)=O. The van der Waals surface area contributed by atoms with Crippen molar-refractivity contribution < 1.29 is 27.7 Å². The van der Waals surface area contributed by atoms with Crippen molar-refractivity contribution in [2.75, 3.05) is 6.54 Å². The van der Waals surface area contributed by atoms with Crippen molar-refractivity contribution in [3.05, 3.63) is 50.4 Å². The van der Waals surface area contributed by atoms with Crippen molar-refractivity contribution in [3.8, 4) is 0 Å².